The van der Waals surface area contributed by atoms with E-state index in [-0.39, 0.29) is 5.78 Å². The molecule has 0 saturated heterocycles. The number of ketones is 1. The highest BCUT2D eigenvalue weighted by molar-refractivity contribution is 5.98. The number of ether oxygens (including phenoxy) is 1. The number of carbonyl (C=O) groups excluding carboxylic acids is 1. The fraction of sp³-hybridized carbons (Fsp3) is 0.316. The Balaban J connectivity index is 2.14. The molecule has 0 radical (unpaired) electrons. The molecule has 0 fully saturated rings. The lowest BCUT2D eigenvalue weighted by Crippen LogP contribution is -2.04. The third-order valence-electron chi connectivity index (χ3n) is 3.74. The van der Waals surface area contributed by atoms with E-state index in [1.807, 2.05) is 37.3 Å². The number of benzene rings is 2. The first-order valence-electron chi connectivity index (χ1n) is 7.28. The molecule has 2 nitrogen and oxygen atoms in total. The van der Waals surface area contributed by atoms with Crippen molar-refractivity contribution in [1.29, 1.82) is 0 Å². The lowest BCUT2D eigenvalue weighted by Gasteiger charge is -2.08. The largest absolute Gasteiger partial charge is 0.496 e. The molecule has 2 rings (SSSR count). The van der Waals surface area contributed by atoms with Gasteiger partial charge >= 0.3 is 0 Å². The normalized spacial score (nSPS) is 10.7. The Kier molecular flexibility index (Phi) is 4.79. The zero-order chi connectivity index (χ0) is 15.4. The Morgan fingerprint density at radius 1 is 1.10 bits per heavy atom. The van der Waals surface area contributed by atoms with Crippen LogP contribution in [0.4, 0.5) is 0 Å². The van der Waals surface area contributed by atoms with Gasteiger partial charge in [0.15, 0.2) is 5.78 Å². The summed E-state index contributed by atoms with van der Waals surface area (Å²) in [5.74, 6) is 1.39. The van der Waals surface area contributed by atoms with Gasteiger partial charge in [0.25, 0.3) is 0 Å². The van der Waals surface area contributed by atoms with E-state index < -0.39 is 0 Å². The summed E-state index contributed by atoms with van der Waals surface area (Å²) in [5.41, 5.74) is 4.08. The van der Waals surface area contributed by atoms with Crippen molar-refractivity contribution in [2.75, 3.05) is 7.11 Å². The van der Waals surface area contributed by atoms with Crippen LogP contribution in [0.3, 0.4) is 0 Å². The molecule has 0 spiro atoms. The Morgan fingerprint density at radius 3 is 2.33 bits per heavy atom. The highest BCUT2D eigenvalue weighted by atomic mass is 16.5. The molecule has 0 bridgehead atoms. The Hall–Kier alpha value is -2.09. The number of methoxy groups -OCH3 is 1. The number of hydrogen-bond donors (Lipinski definition) is 0. The molecule has 21 heavy (non-hydrogen) atoms. The van der Waals surface area contributed by atoms with Crippen LogP contribution in [0, 0.1) is 6.92 Å². The van der Waals surface area contributed by atoms with Gasteiger partial charge in [-0.3, -0.25) is 4.79 Å². The van der Waals surface area contributed by atoms with Gasteiger partial charge in [0.05, 0.1) is 7.11 Å². The first-order valence-corrected chi connectivity index (χ1v) is 7.28. The molecule has 0 atom stereocenters. The van der Waals surface area contributed by atoms with Gasteiger partial charge < -0.3 is 4.74 Å². The van der Waals surface area contributed by atoms with Gasteiger partial charge in [-0.05, 0) is 35.6 Å². The van der Waals surface area contributed by atoms with Crippen molar-refractivity contribution >= 4 is 5.78 Å². The molecule has 2 aromatic rings. The van der Waals surface area contributed by atoms with Gasteiger partial charge in [0.2, 0.25) is 0 Å². The molecule has 0 N–H and O–H groups in total. The number of rotatable bonds is 5. The number of aryl methyl sites for hydroxylation is 1. The number of hydrogen-bond acceptors (Lipinski definition) is 2. The highest BCUT2D eigenvalue weighted by Gasteiger charge is 2.10. The zero-order valence-electron chi connectivity index (χ0n) is 13.1. The minimum atomic E-state index is 0.116. The van der Waals surface area contributed by atoms with E-state index in [2.05, 4.69) is 26.0 Å². The fourth-order valence-corrected chi connectivity index (χ4v) is 2.30. The maximum Gasteiger partial charge on any atom is 0.167 e. The predicted octanol–water partition coefficient (Wildman–Crippen LogP) is 4.55. The predicted molar refractivity (Wildman–Crippen MR) is 86.3 cm³/mol. The van der Waals surface area contributed by atoms with E-state index in [1.54, 1.807) is 7.11 Å². The number of Topliss-reactive ketones (excluding diaryl/α,β-unsaturated/α-hetero) is 1. The summed E-state index contributed by atoms with van der Waals surface area (Å²) >= 11 is 0. The smallest absolute Gasteiger partial charge is 0.167 e. The maximum atomic E-state index is 12.4. The van der Waals surface area contributed by atoms with Crippen molar-refractivity contribution in [3.63, 3.8) is 0 Å². The van der Waals surface area contributed by atoms with E-state index in [0.29, 0.717) is 17.9 Å². The highest BCUT2D eigenvalue weighted by Crippen LogP contribution is 2.21. The van der Waals surface area contributed by atoms with Crippen LogP contribution >= 0.6 is 0 Å². The van der Waals surface area contributed by atoms with E-state index >= 15 is 0 Å². The molecule has 2 aromatic carbocycles. The average molecular weight is 282 g/mol. The van der Waals surface area contributed by atoms with Crippen LogP contribution in [0.15, 0.2) is 42.5 Å². The first kappa shape index (κ1) is 15.3. The summed E-state index contributed by atoms with van der Waals surface area (Å²) in [6.07, 6.45) is 0.421. The number of carbonyl (C=O) groups is 1. The van der Waals surface area contributed by atoms with E-state index in [0.717, 1.165) is 16.9 Å². The quantitative estimate of drug-likeness (QED) is 0.752. The fourth-order valence-electron chi connectivity index (χ4n) is 2.30. The van der Waals surface area contributed by atoms with Crippen molar-refractivity contribution in [2.45, 2.75) is 33.1 Å². The molecule has 0 unspecified atom stereocenters. The molecular formula is C19H22O2. The zero-order valence-corrected chi connectivity index (χ0v) is 13.1. The van der Waals surface area contributed by atoms with Gasteiger partial charge in [0, 0.05) is 12.0 Å². The molecule has 0 heterocycles. The molecule has 2 heteroatoms. The summed E-state index contributed by atoms with van der Waals surface area (Å²) in [7, 11) is 1.63. The topological polar surface area (TPSA) is 26.3 Å². The van der Waals surface area contributed by atoms with Crippen LogP contribution in [-0.4, -0.2) is 12.9 Å². The Bertz CT molecular complexity index is 625. The summed E-state index contributed by atoms with van der Waals surface area (Å²) in [5, 5.41) is 0. The van der Waals surface area contributed by atoms with Gasteiger partial charge in [-0.25, -0.2) is 0 Å². The minimum absolute atomic E-state index is 0.116. The lowest BCUT2D eigenvalue weighted by atomic mass is 9.98. The van der Waals surface area contributed by atoms with E-state index in [1.165, 1.54) is 5.56 Å². The first-order chi connectivity index (χ1) is 10.0. The van der Waals surface area contributed by atoms with Crippen LogP contribution in [0.25, 0.3) is 0 Å². The van der Waals surface area contributed by atoms with Gasteiger partial charge in [-0.1, -0.05) is 50.2 Å². The van der Waals surface area contributed by atoms with Crippen molar-refractivity contribution < 1.29 is 9.53 Å². The minimum Gasteiger partial charge on any atom is -0.496 e. The molecule has 0 aromatic heterocycles. The third-order valence-corrected chi connectivity index (χ3v) is 3.74. The van der Waals surface area contributed by atoms with E-state index in [4.69, 9.17) is 4.74 Å². The van der Waals surface area contributed by atoms with Crippen LogP contribution in [0.1, 0.15) is 46.8 Å². The SMILES string of the molecule is COc1cc(C(=O)Cc2ccc(C(C)C)cc2)ccc1C. The monoisotopic (exact) mass is 282 g/mol. The van der Waals surface area contributed by atoms with Crippen LogP contribution in [-0.2, 0) is 6.42 Å². The summed E-state index contributed by atoms with van der Waals surface area (Å²) in [6, 6.07) is 13.9. The second-order valence-corrected chi connectivity index (χ2v) is 5.68. The third kappa shape index (κ3) is 3.72. The summed E-state index contributed by atoms with van der Waals surface area (Å²) < 4.78 is 5.28. The maximum absolute atomic E-state index is 12.4. The molecular weight excluding hydrogens is 260 g/mol. The molecule has 0 aliphatic heterocycles. The van der Waals surface area contributed by atoms with Gasteiger partial charge in [-0.2, -0.15) is 0 Å². The van der Waals surface area contributed by atoms with Crippen LogP contribution in [0.5, 0.6) is 5.75 Å². The Morgan fingerprint density at radius 2 is 1.76 bits per heavy atom. The van der Waals surface area contributed by atoms with Gasteiger partial charge in [0.1, 0.15) is 5.75 Å². The van der Waals surface area contributed by atoms with Gasteiger partial charge in [-0.15, -0.1) is 0 Å². The van der Waals surface area contributed by atoms with Crippen LogP contribution in [0.2, 0.25) is 0 Å². The summed E-state index contributed by atoms with van der Waals surface area (Å²) in [4.78, 5) is 12.4. The Labute approximate surface area is 126 Å². The molecule has 110 valence electrons. The summed E-state index contributed by atoms with van der Waals surface area (Å²) in [6.45, 7) is 6.30. The lowest BCUT2D eigenvalue weighted by molar-refractivity contribution is 0.0992. The van der Waals surface area contributed by atoms with Crippen molar-refractivity contribution in [3.05, 3.63) is 64.7 Å². The molecule has 0 aliphatic carbocycles. The van der Waals surface area contributed by atoms with Crippen molar-refractivity contribution in [2.24, 2.45) is 0 Å². The molecule has 0 amide bonds. The average Bonchev–Trinajstić information content (AvgIpc) is 2.48. The van der Waals surface area contributed by atoms with Crippen molar-refractivity contribution in [3.8, 4) is 5.75 Å². The van der Waals surface area contributed by atoms with E-state index in [9.17, 15) is 4.79 Å². The van der Waals surface area contributed by atoms with Crippen molar-refractivity contribution in [1.82, 2.24) is 0 Å². The standard InChI is InChI=1S/C19H22O2/c1-13(2)16-9-6-15(7-10-16)11-18(20)17-8-5-14(3)19(12-17)21-4/h5-10,12-13H,11H2,1-4H3. The van der Waals surface area contributed by atoms with Crippen LogP contribution < -0.4 is 4.74 Å². The molecule has 0 aliphatic rings. The molecule has 0 saturated carbocycles. The second-order valence-electron chi connectivity index (χ2n) is 5.68. The second kappa shape index (κ2) is 6.57.